The van der Waals surface area contributed by atoms with Crippen LogP contribution in [0.2, 0.25) is 0 Å². The van der Waals surface area contributed by atoms with E-state index in [1.807, 2.05) is 0 Å². The molecule has 0 aliphatic carbocycles. The van der Waals surface area contributed by atoms with Gasteiger partial charge in [-0.2, -0.15) is 12.6 Å². The van der Waals surface area contributed by atoms with Gasteiger partial charge < -0.3 is 42.6 Å². The first kappa shape index (κ1) is 30.1. The minimum absolute atomic E-state index is 0.000278. The summed E-state index contributed by atoms with van der Waals surface area (Å²) in [6.45, 7) is 0. The molecular weight excluding hydrogens is 518 g/mol. The quantitative estimate of drug-likeness (QED) is 0.111. The number of nitrogens with zero attached hydrogens (tertiary/aromatic N) is 1. The molecule has 4 atom stereocenters. The van der Waals surface area contributed by atoms with Gasteiger partial charge in [0.2, 0.25) is 23.6 Å². The highest BCUT2D eigenvalue weighted by Gasteiger charge is 2.31. The average Bonchev–Trinajstić information content (AvgIpc) is 3.39. The van der Waals surface area contributed by atoms with Gasteiger partial charge >= 0.3 is 5.97 Å². The number of carbonyl (C=O) groups is 5. The van der Waals surface area contributed by atoms with Gasteiger partial charge in [0.15, 0.2) is 0 Å². The number of carboxylic acids is 1. The molecule has 4 amide bonds. The van der Waals surface area contributed by atoms with Crippen LogP contribution in [-0.4, -0.2) is 79.7 Å². The Bertz CT molecular complexity index is 1110. The third-order valence-corrected chi connectivity index (χ3v) is 5.84. The number of carbonyl (C=O) groups excluding carboxylic acids is 4. The lowest BCUT2D eigenvalue weighted by molar-refractivity contribution is -0.142. The van der Waals surface area contributed by atoms with Crippen molar-refractivity contribution in [2.75, 3.05) is 5.75 Å². The summed E-state index contributed by atoms with van der Waals surface area (Å²) in [5.74, 6) is -4.34. The molecule has 0 aliphatic rings. The van der Waals surface area contributed by atoms with E-state index in [1.54, 1.807) is 0 Å². The Morgan fingerprint density at radius 1 is 0.947 bits per heavy atom. The first-order valence-corrected chi connectivity index (χ1v) is 12.2. The maximum atomic E-state index is 13.2. The van der Waals surface area contributed by atoms with Crippen molar-refractivity contribution < 1.29 is 34.2 Å². The molecule has 0 fully saturated rings. The van der Waals surface area contributed by atoms with E-state index in [4.69, 9.17) is 11.5 Å². The Morgan fingerprint density at radius 3 is 2.11 bits per heavy atom. The summed E-state index contributed by atoms with van der Waals surface area (Å²) >= 11 is 3.95. The summed E-state index contributed by atoms with van der Waals surface area (Å²) in [5, 5.41) is 26.4. The van der Waals surface area contributed by atoms with E-state index in [1.165, 1.54) is 36.8 Å². The number of carboxylic acid groups (broad SMARTS) is 1. The Balaban J connectivity index is 2.22. The van der Waals surface area contributed by atoms with Gasteiger partial charge in [-0.25, -0.2) is 9.78 Å². The minimum atomic E-state index is -1.35. The Labute approximate surface area is 223 Å². The highest BCUT2D eigenvalue weighted by atomic mass is 32.1. The summed E-state index contributed by atoms with van der Waals surface area (Å²) in [6.07, 6.45) is 2.21. The number of hydrogen-bond acceptors (Lipinski definition) is 9. The predicted octanol–water partition coefficient (Wildman–Crippen LogP) is -2.04. The normalized spacial score (nSPS) is 13.9. The van der Waals surface area contributed by atoms with Crippen LogP contribution in [0.5, 0.6) is 5.75 Å². The van der Waals surface area contributed by atoms with Crippen LogP contribution in [0.15, 0.2) is 36.8 Å². The van der Waals surface area contributed by atoms with Crippen LogP contribution >= 0.6 is 12.6 Å². The number of hydrogen-bond donors (Lipinski definition) is 9. The smallest absolute Gasteiger partial charge is 0.326 e. The van der Waals surface area contributed by atoms with Gasteiger partial charge in [-0.1, -0.05) is 12.1 Å². The molecule has 0 aliphatic heterocycles. The topological polar surface area (TPSA) is 243 Å². The molecule has 38 heavy (non-hydrogen) atoms. The monoisotopic (exact) mass is 549 g/mol. The van der Waals surface area contributed by atoms with Crippen molar-refractivity contribution in [2.45, 2.75) is 49.9 Å². The lowest BCUT2D eigenvalue weighted by Crippen LogP contribution is -2.58. The lowest BCUT2D eigenvalue weighted by atomic mass is 10.0. The lowest BCUT2D eigenvalue weighted by Gasteiger charge is -2.25. The van der Waals surface area contributed by atoms with E-state index in [0.717, 1.165) is 0 Å². The van der Waals surface area contributed by atoms with Crippen LogP contribution in [0.25, 0.3) is 0 Å². The summed E-state index contributed by atoms with van der Waals surface area (Å²) in [5.41, 5.74) is 11.9. The Morgan fingerprint density at radius 2 is 1.55 bits per heavy atom. The maximum absolute atomic E-state index is 13.2. The molecule has 2 rings (SSSR count). The molecule has 4 unspecified atom stereocenters. The molecule has 1 aromatic heterocycles. The third-order valence-electron chi connectivity index (χ3n) is 5.45. The number of phenolic OH excluding ortho intramolecular Hbond substituents is 1. The summed E-state index contributed by atoms with van der Waals surface area (Å²) < 4.78 is 0. The molecule has 0 bridgehead atoms. The van der Waals surface area contributed by atoms with Crippen molar-refractivity contribution in [1.82, 2.24) is 25.9 Å². The number of amides is 4. The van der Waals surface area contributed by atoms with E-state index in [2.05, 4.69) is 38.5 Å². The molecule has 14 nitrogen and oxygen atoms in total. The van der Waals surface area contributed by atoms with Crippen LogP contribution in [0.3, 0.4) is 0 Å². The Hall–Kier alpha value is -4.11. The number of primary amides is 1. The minimum Gasteiger partial charge on any atom is -0.508 e. The number of thiol groups is 1. The second kappa shape index (κ2) is 14.6. The second-order valence-corrected chi connectivity index (χ2v) is 8.83. The van der Waals surface area contributed by atoms with Gasteiger partial charge in [-0.3, -0.25) is 19.2 Å². The Kier molecular flexibility index (Phi) is 11.6. The molecule has 0 saturated heterocycles. The third kappa shape index (κ3) is 9.74. The van der Waals surface area contributed by atoms with E-state index in [0.29, 0.717) is 11.3 Å². The SMILES string of the molecule is NC(=O)CCC(NC(=O)C(N)CS)C(=O)NC(Cc1cnc[nH]1)C(=O)NC(Cc1ccc(O)cc1)C(=O)O. The highest BCUT2D eigenvalue weighted by molar-refractivity contribution is 7.80. The van der Waals surface area contributed by atoms with Gasteiger partial charge in [0.1, 0.15) is 23.9 Å². The van der Waals surface area contributed by atoms with E-state index < -0.39 is 53.8 Å². The molecule has 0 saturated carbocycles. The summed E-state index contributed by atoms with van der Waals surface area (Å²) in [6, 6.07) is 0.886. The zero-order valence-corrected chi connectivity index (χ0v) is 21.2. The fourth-order valence-corrected chi connectivity index (χ4v) is 3.52. The van der Waals surface area contributed by atoms with Gasteiger partial charge in [0.25, 0.3) is 0 Å². The van der Waals surface area contributed by atoms with E-state index in [-0.39, 0.29) is 37.2 Å². The van der Waals surface area contributed by atoms with Crippen molar-refractivity contribution in [3.63, 3.8) is 0 Å². The van der Waals surface area contributed by atoms with Crippen LogP contribution in [0.1, 0.15) is 24.1 Å². The standard InChI is InChI=1S/C23H31N7O7S/c24-15(10-38)20(33)28-16(5-6-19(25)32)21(34)29-17(8-13-9-26-11-27-13)22(35)30-18(23(36)37)7-12-1-3-14(31)4-2-12/h1-4,9,11,15-18,31,38H,5-8,10,24H2,(H2,25,32)(H,26,27)(H,28,33)(H,29,34)(H,30,35)(H,36,37). The number of aromatic amines is 1. The molecule has 0 radical (unpaired) electrons. The molecule has 2 aromatic rings. The molecular formula is C23H31N7O7S. The van der Waals surface area contributed by atoms with Gasteiger partial charge in [-0.05, 0) is 24.1 Å². The number of phenols is 1. The molecule has 1 aromatic carbocycles. The van der Waals surface area contributed by atoms with Gasteiger partial charge in [-0.15, -0.1) is 0 Å². The zero-order chi connectivity index (χ0) is 28.2. The van der Waals surface area contributed by atoms with Crippen LogP contribution in [0.4, 0.5) is 0 Å². The number of H-pyrrole nitrogens is 1. The first-order valence-electron chi connectivity index (χ1n) is 11.5. The number of aliphatic carboxylic acids is 1. The largest absolute Gasteiger partial charge is 0.508 e. The highest BCUT2D eigenvalue weighted by Crippen LogP contribution is 2.12. The van der Waals surface area contributed by atoms with Crippen molar-refractivity contribution in [1.29, 1.82) is 0 Å². The molecule has 1 heterocycles. The van der Waals surface area contributed by atoms with Crippen LogP contribution in [0, 0.1) is 0 Å². The number of imidazole rings is 1. The number of aromatic hydroxyl groups is 1. The second-order valence-electron chi connectivity index (χ2n) is 8.47. The number of nitrogens with two attached hydrogens (primary N) is 2. The molecule has 206 valence electrons. The molecule has 10 N–H and O–H groups in total. The zero-order valence-electron chi connectivity index (χ0n) is 20.3. The fourth-order valence-electron chi connectivity index (χ4n) is 3.36. The van der Waals surface area contributed by atoms with Crippen molar-refractivity contribution in [3.05, 3.63) is 48.0 Å². The van der Waals surface area contributed by atoms with Crippen LogP contribution < -0.4 is 27.4 Å². The number of aromatic nitrogens is 2. The number of rotatable bonds is 15. The number of benzene rings is 1. The maximum Gasteiger partial charge on any atom is 0.326 e. The van der Waals surface area contributed by atoms with Crippen molar-refractivity contribution in [3.8, 4) is 5.75 Å². The average molecular weight is 550 g/mol. The van der Waals surface area contributed by atoms with Crippen molar-refractivity contribution >= 4 is 42.2 Å². The fraction of sp³-hybridized carbons (Fsp3) is 0.391. The molecule has 15 heteroatoms. The van der Waals surface area contributed by atoms with Crippen molar-refractivity contribution in [2.24, 2.45) is 11.5 Å². The predicted molar refractivity (Wildman–Crippen MR) is 138 cm³/mol. The first-order chi connectivity index (χ1) is 18.0. The summed E-state index contributed by atoms with van der Waals surface area (Å²) in [7, 11) is 0. The van der Waals surface area contributed by atoms with Gasteiger partial charge in [0, 0.05) is 36.9 Å². The summed E-state index contributed by atoms with van der Waals surface area (Å²) in [4.78, 5) is 68.4. The van der Waals surface area contributed by atoms with E-state index in [9.17, 15) is 34.2 Å². The van der Waals surface area contributed by atoms with Gasteiger partial charge in [0.05, 0.1) is 12.4 Å². The number of nitrogens with one attached hydrogen (secondary N) is 4. The van der Waals surface area contributed by atoms with E-state index >= 15 is 0 Å². The molecule has 0 spiro atoms. The van der Waals surface area contributed by atoms with Crippen LogP contribution in [-0.2, 0) is 36.8 Å².